The molecule has 0 saturated carbocycles. The molecule has 1 N–H and O–H groups in total. The van der Waals surface area contributed by atoms with Gasteiger partial charge in [-0.3, -0.25) is 0 Å². The molecule has 2 nitrogen and oxygen atoms in total. The minimum atomic E-state index is -0.279. The summed E-state index contributed by atoms with van der Waals surface area (Å²) >= 11 is 1.93. The summed E-state index contributed by atoms with van der Waals surface area (Å²) in [5.41, 5.74) is 27.3. The number of benzene rings is 7. The Morgan fingerprint density at radius 3 is 1.70 bits per heavy atom. The zero-order valence-electron chi connectivity index (χ0n) is 47.1. The molecular formula is C70H76BN2S. The predicted octanol–water partition coefficient (Wildman–Crippen LogP) is 18.6. The van der Waals surface area contributed by atoms with E-state index in [2.05, 4.69) is 231 Å². The molecule has 7 aromatic carbocycles. The number of rotatable bonds is 4. The number of nitrogens with one attached hydrogen (secondary N) is 1. The molecule has 0 fully saturated rings. The first-order valence-corrected chi connectivity index (χ1v) is 28.8. The average molecular weight is 988 g/mol. The molecule has 0 unspecified atom stereocenters. The summed E-state index contributed by atoms with van der Waals surface area (Å²) in [6.07, 6.45) is 7.05. The van der Waals surface area contributed by atoms with Gasteiger partial charge >= 0.3 is 0 Å². The molecule has 0 saturated heterocycles. The predicted molar refractivity (Wildman–Crippen MR) is 322 cm³/mol. The van der Waals surface area contributed by atoms with Gasteiger partial charge in [-0.05, 0) is 199 Å². The van der Waals surface area contributed by atoms with Crippen molar-refractivity contribution in [2.45, 2.75) is 180 Å². The van der Waals surface area contributed by atoms with Crippen molar-refractivity contribution >= 4 is 78.2 Å². The van der Waals surface area contributed by atoms with Crippen molar-refractivity contribution in [1.29, 1.82) is 0 Å². The summed E-state index contributed by atoms with van der Waals surface area (Å²) < 4.78 is 2.67. The number of nitrogens with zero attached hydrogens (tertiary/aromatic N) is 1. The molecule has 13 rings (SSSR count). The summed E-state index contributed by atoms with van der Waals surface area (Å²) in [5.74, 6) is 0. The molecule has 1 aromatic heterocycles. The first kappa shape index (κ1) is 48.1. The van der Waals surface area contributed by atoms with Crippen LogP contribution in [0.3, 0.4) is 0 Å². The molecule has 4 aliphatic carbocycles. The molecule has 8 aromatic rings. The van der Waals surface area contributed by atoms with E-state index in [-0.39, 0.29) is 37.9 Å². The largest absolute Gasteiger partial charge is 0.355 e. The standard InChI is InChI=1S/C70H76BN2S/c1-40-34-49-53(69(12,13)33-30-65(49,4)5)39-56(40)73-62-54(26-27-58-59(62)43-21-17-19-23-57(43)74-58)71-61-46(36-45-42-20-16-18-22-47(42)70(14,15)60(45)63(61)73)44-37-51-52(68(10,11)32-31-67(51,8)9)38-55(44)72-41-24-25-48-50(35-41)66(6,7)29-28-64(48,2)3/h16-27,34-39,72H,28-33H2,1-15H3. The Kier molecular flexibility index (Phi) is 10.1. The van der Waals surface area contributed by atoms with E-state index in [1.54, 1.807) is 0 Å². The third kappa shape index (κ3) is 6.87. The van der Waals surface area contributed by atoms with Gasteiger partial charge < -0.3 is 10.2 Å². The summed E-state index contributed by atoms with van der Waals surface area (Å²) in [7, 11) is 2.60. The van der Waals surface area contributed by atoms with Gasteiger partial charge in [0.1, 0.15) is 0 Å². The van der Waals surface area contributed by atoms with Crippen LogP contribution in [0.1, 0.15) is 186 Å². The fourth-order valence-electron chi connectivity index (χ4n) is 14.9. The zero-order valence-corrected chi connectivity index (χ0v) is 47.9. The monoisotopic (exact) mass is 988 g/mol. The molecule has 1 radical (unpaired) electrons. The molecule has 0 bridgehead atoms. The van der Waals surface area contributed by atoms with Crippen LogP contribution in [-0.2, 0) is 37.9 Å². The molecule has 0 spiro atoms. The number of hydrogen-bond acceptors (Lipinski definition) is 3. The van der Waals surface area contributed by atoms with Gasteiger partial charge in [0.25, 0.3) is 0 Å². The fraction of sp³-hybridized carbons (Fsp3) is 0.400. The SMILES string of the molecule is Cc1cc2c(cc1N1c3c(c(-c4cc5c(cc4Nc4ccc6c(c4)C(C)(C)CCC6(C)C)C(C)(C)CCC5(C)C)cc4c3C(C)(C)c3ccccc3-4)[B]c3ccc4sc5ccccc5c4c31)C(C)(C)CCC2(C)C. The second-order valence-electron chi connectivity index (χ2n) is 28.1. The van der Waals surface area contributed by atoms with Gasteiger partial charge in [-0.15, -0.1) is 11.3 Å². The van der Waals surface area contributed by atoms with Crippen LogP contribution in [0.25, 0.3) is 42.4 Å². The molecule has 5 aliphatic rings. The van der Waals surface area contributed by atoms with Crippen LogP contribution < -0.4 is 21.1 Å². The lowest BCUT2D eigenvalue weighted by Gasteiger charge is -2.45. The Bertz CT molecular complexity index is 3740. The Balaban J connectivity index is 1.16. The van der Waals surface area contributed by atoms with Crippen molar-refractivity contribution in [3.05, 3.63) is 159 Å². The van der Waals surface area contributed by atoms with Crippen molar-refractivity contribution in [3.8, 4) is 22.3 Å². The average Bonchev–Trinajstić information content (AvgIpc) is 3.87. The minimum Gasteiger partial charge on any atom is -0.355 e. The van der Waals surface area contributed by atoms with Gasteiger partial charge in [0.15, 0.2) is 7.28 Å². The van der Waals surface area contributed by atoms with Gasteiger partial charge in [-0.25, -0.2) is 0 Å². The number of thiophene rings is 1. The maximum atomic E-state index is 4.25. The number of fused-ring (bicyclic) bond motifs is 13. The normalized spacial score (nSPS) is 20.3. The summed E-state index contributed by atoms with van der Waals surface area (Å²) in [4.78, 5) is 2.81. The van der Waals surface area contributed by atoms with Crippen LogP contribution in [0.15, 0.2) is 109 Å². The van der Waals surface area contributed by atoms with Crippen molar-refractivity contribution in [1.82, 2.24) is 0 Å². The topological polar surface area (TPSA) is 15.3 Å². The smallest absolute Gasteiger partial charge is 0.197 e. The lowest BCUT2D eigenvalue weighted by atomic mass is 9.56. The highest BCUT2D eigenvalue weighted by atomic mass is 32.1. The third-order valence-electron chi connectivity index (χ3n) is 20.0. The summed E-state index contributed by atoms with van der Waals surface area (Å²) in [5, 5.41) is 6.94. The second-order valence-corrected chi connectivity index (χ2v) is 29.1. The van der Waals surface area contributed by atoms with Crippen molar-refractivity contribution in [3.63, 3.8) is 0 Å². The van der Waals surface area contributed by atoms with Gasteiger partial charge in [-0.1, -0.05) is 163 Å². The van der Waals surface area contributed by atoms with Crippen LogP contribution in [0.5, 0.6) is 0 Å². The third-order valence-corrected chi connectivity index (χ3v) is 21.1. The van der Waals surface area contributed by atoms with E-state index in [1.165, 1.54) is 158 Å². The van der Waals surface area contributed by atoms with Crippen LogP contribution in [0.2, 0.25) is 0 Å². The van der Waals surface area contributed by atoms with E-state index >= 15 is 0 Å². The van der Waals surface area contributed by atoms with Crippen molar-refractivity contribution < 1.29 is 0 Å². The van der Waals surface area contributed by atoms with Gasteiger partial charge in [-0.2, -0.15) is 0 Å². The highest BCUT2D eigenvalue weighted by Gasteiger charge is 2.46. The lowest BCUT2D eigenvalue weighted by Crippen LogP contribution is -2.43. The van der Waals surface area contributed by atoms with E-state index in [0.717, 1.165) is 12.8 Å². The fourth-order valence-corrected chi connectivity index (χ4v) is 16.0. The first-order valence-electron chi connectivity index (χ1n) is 28.0. The number of aryl methyl sites for hydroxylation is 1. The molecule has 74 heavy (non-hydrogen) atoms. The number of hydrogen-bond donors (Lipinski definition) is 1. The number of anilines is 5. The molecule has 375 valence electrons. The molecule has 2 heterocycles. The Hall–Kier alpha value is -5.58. The Labute approximate surface area is 447 Å². The second kappa shape index (κ2) is 15.5. The van der Waals surface area contributed by atoms with Crippen LogP contribution in [0, 0.1) is 6.92 Å². The van der Waals surface area contributed by atoms with Gasteiger partial charge in [0, 0.05) is 59.6 Å². The van der Waals surface area contributed by atoms with Crippen LogP contribution in [0.4, 0.5) is 28.4 Å². The lowest BCUT2D eigenvalue weighted by molar-refractivity contribution is 0.332. The molecule has 0 amide bonds. The minimum absolute atomic E-state index is 0.0136. The highest BCUT2D eigenvalue weighted by molar-refractivity contribution is 7.26. The van der Waals surface area contributed by atoms with E-state index in [9.17, 15) is 0 Å². The Morgan fingerprint density at radius 1 is 0.459 bits per heavy atom. The zero-order chi connectivity index (χ0) is 52.0. The maximum absolute atomic E-state index is 4.25. The summed E-state index contributed by atoms with van der Waals surface area (Å²) in [6, 6.07) is 43.7. The first-order chi connectivity index (χ1) is 34.8. The van der Waals surface area contributed by atoms with Crippen LogP contribution >= 0.6 is 11.3 Å². The summed E-state index contributed by atoms with van der Waals surface area (Å²) in [6.45, 7) is 37.0. The van der Waals surface area contributed by atoms with Crippen molar-refractivity contribution in [2.75, 3.05) is 10.2 Å². The molecule has 0 atom stereocenters. The van der Waals surface area contributed by atoms with Crippen molar-refractivity contribution in [2.24, 2.45) is 0 Å². The quantitative estimate of drug-likeness (QED) is 0.177. The van der Waals surface area contributed by atoms with E-state index < -0.39 is 0 Å². The van der Waals surface area contributed by atoms with E-state index in [0.29, 0.717) is 0 Å². The van der Waals surface area contributed by atoms with E-state index in [1.807, 2.05) is 11.3 Å². The Morgan fingerprint density at radius 2 is 1.03 bits per heavy atom. The van der Waals surface area contributed by atoms with E-state index in [4.69, 9.17) is 0 Å². The maximum Gasteiger partial charge on any atom is 0.197 e. The molecular weight excluding hydrogens is 912 g/mol. The van der Waals surface area contributed by atoms with Gasteiger partial charge in [0.2, 0.25) is 0 Å². The van der Waals surface area contributed by atoms with Gasteiger partial charge in [0.05, 0.1) is 0 Å². The van der Waals surface area contributed by atoms with Crippen LogP contribution in [-0.4, -0.2) is 7.28 Å². The molecule has 1 aliphatic heterocycles. The molecule has 4 heteroatoms. The highest BCUT2D eigenvalue weighted by Crippen LogP contribution is 2.59.